The summed E-state index contributed by atoms with van der Waals surface area (Å²) in [6.07, 6.45) is 21.5. The van der Waals surface area contributed by atoms with Crippen LogP contribution >= 0.6 is 0 Å². The fourth-order valence-corrected chi connectivity index (χ4v) is 13.3. The number of hydrogen-bond acceptors (Lipinski definition) is 2. The van der Waals surface area contributed by atoms with Crippen LogP contribution in [0.25, 0.3) is 50.3 Å². The van der Waals surface area contributed by atoms with Gasteiger partial charge in [0, 0.05) is 51.3 Å². The first-order valence-corrected chi connectivity index (χ1v) is 25.9. The number of nitrogens with zero attached hydrogens (tertiary/aromatic N) is 3. The van der Waals surface area contributed by atoms with Crippen molar-refractivity contribution < 1.29 is 13.6 Å². The molecule has 10 rings (SSSR count). The Balaban J connectivity index is 1.17. The molecule has 292 valence electrons. The minimum Gasteiger partial charge on any atom is -0.438 e. The summed E-state index contributed by atoms with van der Waals surface area (Å²) in [6, 6.07) is 26.4. The van der Waals surface area contributed by atoms with Crippen molar-refractivity contribution in [3.05, 3.63) is 114 Å². The molecule has 2 fully saturated rings. The summed E-state index contributed by atoms with van der Waals surface area (Å²) in [5.74, 6) is 2.29. The first-order valence-electron chi connectivity index (χ1n) is 22.4. The number of aryl methyl sites for hydroxylation is 2. The molecule has 0 radical (unpaired) electrons. The van der Waals surface area contributed by atoms with Crippen LogP contribution in [0, 0.1) is 12.8 Å². The number of furan rings is 1. The van der Waals surface area contributed by atoms with E-state index in [1.54, 1.807) is 10.8 Å². The van der Waals surface area contributed by atoms with Crippen LogP contribution in [0.2, 0.25) is 19.6 Å². The second kappa shape index (κ2) is 14.5. The molecule has 2 aliphatic heterocycles. The van der Waals surface area contributed by atoms with Crippen LogP contribution in [0.3, 0.4) is 0 Å². The zero-order chi connectivity index (χ0) is 39.0. The number of pyridine rings is 3. The fraction of sp³-hybridized carbons (Fsp3) is 0.442. The standard InChI is InChI=1S/C52H61N3OSi/c1-33-21-23-43-46-30-44-39(29-50(46)56-52(43)53-33)22-24-42-40-19-13-14-20-41(40)49-31-45(37-17-11-8-12-18-37)51(57(4,5)6)32-55(49)47(42)27-34(2)54-26-25-38(28-48(44)54)35(3)36-15-9-7-10-16-36/h13-14,19-21,23,25-26,28-32,35-37,42,47H,2,7-12,15-18,22,24,27H2,1,3-6H3/q+2. The maximum atomic E-state index is 6.56. The Morgan fingerprint density at radius 3 is 2.35 bits per heavy atom. The highest BCUT2D eigenvalue weighted by molar-refractivity contribution is 6.89. The van der Waals surface area contributed by atoms with Crippen LogP contribution in [-0.2, 0) is 6.42 Å². The Morgan fingerprint density at radius 2 is 1.56 bits per heavy atom. The van der Waals surface area contributed by atoms with Gasteiger partial charge in [-0.05, 0) is 122 Å². The maximum Gasteiger partial charge on any atom is 0.227 e. The smallest absolute Gasteiger partial charge is 0.227 e. The molecule has 6 heterocycles. The van der Waals surface area contributed by atoms with Crippen LogP contribution in [0.1, 0.15) is 136 Å². The summed E-state index contributed by atoms with van der Waals surface area (Å²) in [7, 11) is -1.67. The van der Waals surface area contributed by atoms with Crippen LogP contribution in [0.5, 0.6) is 0 Å². The lowest BCUT2D eigenvalue weighted by Crippen LogP contribution is -2.55. The van der Waals surface area contributed by atoms with Gasteiger partial charge in [0.25, 0.3) is 0 Å². The van der Waals surface area contributed by atoms with Crippen LogP contribution in [-0.4, -0.2) is 13.1 Å². The lowest BCUT2D eigenvalue weighted by atomic mass is 9.76. The largest absolute Gasteiger partial charge is 0.438 e. The van der Waals surface area contributed by atoms with Gasteiger partial charge in [-0.15, -0.1) is 0 Å². The predicted octanol–water partition coefficient (Wildman–Crippen LogP) is 12.6. The zero-order valence-corrected chi connectivity index (χ0v) is 36.0. The monoisotopic (exact) mass is 771 g/mol. The zero-order valence-electron chi connectivity index (χ0n) is 35.0. The molecular weight excluding hydrogens is 711 g/mol. The molecule has 0 amide bonds. The van der Waals surface area contributed by atoms with Crippen molar-refractivity contribution in [2.24, 2.45) is 5.92 Å². The van der Waals surface area contributed by atoms with E-state index in [0.717, 1.165) is 52.9 Å². The third kappa shape index (κ3) is 6.53. The molecular formula is C52H61N3OSi+2. The first kappa shape index (κ1) is 37.0. The van der Waals surface area contributed by atoms with Gasteiger partial charge < -0.3 is 4.42 Å². The van der Waals surface area contributed by atoms with Gasteiger partial charge in [0.05, 0.1) is 20.1 Å². The van der Waals surface area contributed by atoms with Crippen molar-refractivity contribution in [1.82, 2.24) is 4.98 Å². The Morgan fingerprint density at radius 1 is 0.789 bits per heavy atom. The van der Waals surface area contributed by atoms with E-state index in [0.29, 0.717) is 17.8 Å². The summed E-state index contributed by atoms with van der Waals surface area (Å²) < 4.78 is 11.8. The molecule has 0 saturated heterocycles. The van der Waals surface area contributed by atoms with E-state index in [1.165, 1.54) is 109 Å². The SMILES string of the molecule is C=C1CC2C(CCc3cc4oc5nc(C)ccc5c4cc3-c3cc(C(C)C4CCCCC4)cc[n+]31)c1ccccc1-c1cc(C3CCCCC3)c([Si](C)(C)C)c[n+]12. The van der Waals surface area contributed by atoms with Crippen molar-refractivity contribution in [2.45, 2.75) is 141 Å². The molecule has 4 nitrogen and oxygen atoms in total. The van der Waals surface area contributed by atoms with E-state index in [-0.39, 0.29) is 6.04 Å². The number of benzene rings is 2. The van der Waals surface area contributed by atoms with E-state index >= 15 is 0 Å². The van der Waals surface area contributed by atoms with Gasteiger partial charge in [-0.1, -0.05) is 83.3 Å². The second-order valence-electron chi connectivity index (χ2n) is 19.4. The number of aromatic nitrogens is 3. The van der Waals surface area contributed by atoms with Crippen molar-refractivity contribution in [2.75, 3.05) is 0 Å². The Bertz CT molecular complexity index is 2530. The molecule has 6 aromatic rings. The van der Waals surface area contributed by atoms with Gasteiger partial charge >= 0.3 is 0 Å². The van der Waals surface area contributed by atoms with Gasteiger partial charge in [-0.25, -0.2) is 4.98 Å². The molecule has 57 heavy (non-hydrogen) atoms. The van der Waals surface area contributed by atoms with Crippen LogP contribution < -0.4 is 14.3 Å². The normalized spacial score (nSPS) is 21.0. The van der Waals surface area contributed by atoms with Crippen molar-refractivity contribution in [3.8, 4) is 22.5 Å². The molecule has 4 aromatic heterocycles. The first-order chi connectivity index (χ1) is 27.6. The summed E-state index contributed by atoms with van der Waals surface area (Å²) in [5.41, 5.74) is 15.2. The lowest BCUT2D eigenvalue weighted by molar-refractivity contribution is -0.719. The lowest BCUT2D eigenvalue weighted by Gasteiger charge is -2.34. The topological polar surface area (TPSA) is 33.8 Å². The summed E-state index contributed by atoms with van der Waals surface area (Å²) in [4.78, 5) is 4.83. The number of fused-ring (bicyclic) bond motifs is 12. The number of hydrogen-bond donors (Lipinski definition) is 0. The van der Waals surface area contributed by atoms with Gasteiger partial charge in [-0.3, -0.25) is 0 Å². The van der Waals surface area contributed by atoms with Gasteiger partial charge in [0.1, 0.15) is 5.58 Å². The van der Waals surface area contributed by atoms with Gasteiger partial charge in [-0.2, -0.15) is 9.13 Å². The third-order valence-electron chi connectivity index (χ3n) is 14.8. The van der Waals surface area contributed by atoms with Gasteiger partial charge in [0.2, 0.25) is 17.1 Å². The number of allylic oxidation sites excluding steroid dienone is 1. The Labute approximate surface area is 341 Å². The van der Waals surface area contributed by atoms with Crippen LogP contribution in [0.4, 0.5) is 0 Å². The van der Waals surface area contributed by atoms with E-state index < -0.39 is 8.07 Å². The van der Waals surface area contributed by atoms with E-state index in [4.69, 9.17) is 16.0 Å². The highest BCUT2D eigenvalue weighted by atomic mass is 28.3. The molecule has 3 unspecified atom stereocenters. The second-order valence-corrected chi connectivity index (χ2v) is 24.4. The average Bonchev–Trinajstić information content (AvgIpc) is 3.58. The molecule has 4 aliphatic rings. The summed E-state index contributed by atoms with van der Waals surface area (Å²) >= 11 is 0. The summed E-state index contributed by atoms with van der Waals surface area (Å²) in [6.45, 7) is 17.2. The molecule has 0 bridgehead atoms. The molecule has 0 N–H and O–H groups in total. The maximum absolute atomic E-state index is 6.56. The van der Waals surface area contributed by atoms with Gasteiger partial charge in [0.15, 0.2) is 24.1 Å². The fourth-order valence-electron chi connectivity index (χ4n) is 11.6. The molecule has 3 atom stereocenters. The molecule has 0 spiro atoms. The van der Waals surface area contributed by atoms with E-state index in [1.807, 2.05) is 6.92 Å². The molecule has 5 heteroatoms. The predicted molar refractivity (Wildman–Crippen MR) is 238 cm³/mol. The Kier molecular flexibility index (Phi) is 9.39. The summed E-state index contributed by atoms with van der Waals surface area (Å²) in [5, 5.41) is 3.90. The minimum absolute atomic E-state index is 0.266. The third-order valence-corrected chi connectivity index (χ3v) is 16.8. The molecule has 2 aliphatic carbocycles. The van der Waals surface area contributed by atoms with E-state index in [2.05, 4.69) is 115 Å². The van der Waals surface area contributed by atoms with Crippen molar-refractivity contribution in [1.29, 1.82) is 0 Å². The molecule has 2 aromatic carbocycles. The molecule has 2 saturated carbocycles. The van der Waals surface area contributed by atoms with Crippen LogP contribution in [0.15, 0.2) is 90.1 Å². The Hall–Kier alpha value is -4.35. The number of rotatable bonds is 4. The van der Waals surface area contributed by atoms with E-state index in [9.17, 15) is 0 Å². The average molecular weight is 772 g/mol. The highest BCUT2D eigenvalue weighted by Crippen LogP contribution is 2.46. The van der Waals surface area contributed by atoms with Crippen molar-refractivity contribution in [3.63, 3.8) is 0 Å². The minimum atomic E-state index is -1.67. The highest BCUT2D eigenvalue weighted by Gasteiger charge is 2.44. The quantitative estimate of drug-likeness (QED) is 0.132. The van der Waals surface area contributed by atoms with Crippen molar-refractivity contribution >= 4 is 41.0 Å².